The van der Waals surface area contributed by atoms with Crippen molar-refractivity contribution in [3.63, 3.8) is 0 Å². The molecule has 0 rings (SSSR count). The van der Waals surface area contributed by atoms with E-state index in [1.54, 1.807) is 8.05 Å². The van der Waals surface area contributed by atoms with Crippen LogP contribution in [-0.2, 0) is 4.65 Å². The van der Waals surface area contributed by atoms with Gasteiger partial charge >= 0.3 is 0 Å². The SMILES string of the molecule is BOC(B)(B)B. The lowest BCUT2D eigenvalue weighted by Gasteiger charge is -2.15. The van der Waals surface area contributed by atoms with E-state index in [1.165, 1.54) is 0 Å². The summed E-state index contributed by atoms with van der Waals surface area (Å²) in [7, 11) is 7.77. The minimum atomic E-state index is 0.0417. The second-order valence-corrected chi connectivity index (χ2v) is 2.32. The fraction of sp³-hybridized carbons (Fsp3) is 1.00. The van der Waals surface area contributed by atoms with Gasteiger partial charge in [0.05, 0.1) is 0 Å². The lowest BCUT2D eigenvalue weighted by Crippen LogP contribution is -2.32. The summed E-state index contributed by atoms with van der Waals surface area (Å²) in [5, 5.41) is 0.0417. The van der Waals surface area contributed by atoms with Gasteiger partial charge in [0.25, 0.3) is 8.05 Å². The van der Waals surface area contributed by atoms with E-state index in [0.717, 1.165) is 0 Å². The van der Waals surface area contributed by atoms with Gasteiger partial charge in [-0.25, -0.2) is 0 Å². The molecule has 30 valence electrons. The first-order chi connectivity index (χ1) is 2.56. The average Bonchev–Trinajstić information content (AvgIpc) is 1.35. The standard InChI is InChI=1S/CH8B4O/c2-1(3,4)6-5/h2-5H2. The summed E-state index contributed by atoms with van der Waals surface area (Å²) in [5.41, 5.74) is 0. The molecule has 6 heavy (non-hydrogen) atoms. The van der Waals surface area contributed by atoms with Gasteiger partial charge in [-0.1, -0.05) is 0 Å². The van der Waals surface area contributed by atoms with Gasteiger partial charge in [0.2, 0.25) is 0 Å². The summed E-state index contributed by atoms with van der Waals surface area (Å²) in [4.78, 5) is 0. The minimum Gasteiger partial charge on any atom is -0.462 e. The van der Waals surface area contributed by atoms with Gasteiger partial charge in [0.1, 0.15) is 23.5 Å². The smallest absolute Gasteiger partial charge is 0.254 e. The lowest BCUT2D eigenvalue weighted by atomic mass is 9.52. The van der Waals surface area contributed by atoms with Gasteiger partial charge < -0.3 is 4.65 Å². The highest BCUT2D eigenvalue weighted by molar-refractivity contribution is 6.59. The molecule has 0 aliphatic rings. The molecule has 5 heteroatoms. The zero-order valence-electron chi connectivity index (χ0n) is 4.91. The molecular formula is CH8B4O. The van der Waals surface area contributed by atoms with E-state index in [-0.39, 0.29) is 5.30 Å². The van der Waals surface area contributed by atoms with Crippen molar-refractivity contribution >= 4 is 31.6 Å². The van der Waals surface area contributed by atoms with Crippen molar-refractivity contribution in [3.05, 3.63) is 0 Å². The summed E-state index contributed by atoms with van der Waals surface area (Å²) in [5.74, 6) is 0. The molecular weight excluding hydrogens is 71.3 g/mol. The lowest BCUT2D eigenvalue weighted by molar-refractivity contribution is 0.352. The fourth-order valence-corrected chi connectivity index (χ4v) is 0. The van der Waals surface area contributed by atoms with E-state index >= 15 is 0 Å². The summed E-state index contributed by atoms with van der Waals surface area (Å²) < 4.78 is 4.94. The van der Waals surface area contributed by atoms with Crippen LogP contribution in [0.2, 0.25) is 0 Å². The van der Waals surface area contributed by atoms with Gasteiger partial charge in [-0.05, 0) is 5.30 Å². The molecule has 0 unspecified atom stereocenters. The largest absolute Gasteiger partial charge is 0.462 e. The molecule has 0 fully saturated rings. The highest BCUT2D eigenvalue weighted by atomic mass is 16.4. The Hall–Kier alpha value is 0.220. The Labute approximate surface area is 42.5 Å². The number of rotatable bonds is 1. The first-order valence-corrected chi connectivity index (χ1v) is 2.11. The van der Waals surface area contributed by atoms with Gasteiger partial charge in [0, 0.05) is 0 Å². The predicted octanol–water partition coefficient (Wildman–Crippen LogP) is -3.94. The van der Waals surface area contributed by atoms with Crippen LogP contribution in [0.4, 0.5) is 0 Å². The van der Waals surface area contributed by atoms with Crippen LogP contribution in [0.5, 0.6) is 0 Å². The van der Waals surface area contributed by atoms with Crippen LogP contribution in [0.1, 0.15) is 0 Å². The maximum absolute atomic E-state index is 4.94. The third-order valence-electron chi connectivity index (χ3n) is 0.612. The van der Waals surface area contributed by atoms with Crippen molar-refractivity contribution < 1.29 is 4.65 Å². The Morgan fingerprint density at radius 3 is 1.33 bits per heavy atom. The van der Waals surface area contributed by atoms with E-state index < -0.39 is 0 Å². The van der Waals surface area contributed by atoms with Crippen molar-refractivity contribution in [2.24, 2.45) is 0 Å². The van der Waals surface area contributed by atoms with Crippen LogP contribution >= 0.6 is 0 Å². The molecule has 1 nitrogen and oxygen atoms in total. The van der Waals surface area contributed by atoms with Crippen LogP contribution in [0.25, 0.3) is 0 Å². The topological polar surface area (TPSA) is 9.23 Å². The molecule has 0 aliphatic heterocycles. The highest BCUT2D eigenvalue weighted by Crippen LogP contribution is 1.84. The van der Waals surface area contributed by atoms with Crippen LogP contribution < -0.4 is 0 Å². The van der Waals surface area contributed by atoms with Gasteiger partial charge in [-0.3, -0.25) is 0 Å². The third-order valence-corrected chi connectivity index (χ3v) is 0.612. The van der Waals surface area contributed by atoms with Crippen molar-refractivity contribution in [2.75, 3.05) is 0 Å². The van der Waals surface area contributed by atoms with Gasteiger partial charge in [-0.2, -0.15) is 0 Å². The van der Waals surface area contributed by atoms with Crippen molar-refractivity contribution in [3.8, 4) is 0 Å². The Morgan fingerprint density at radius 2 is 1.33 bits per heavy atom. The molecule has 0 aliphatic carbocycles. The molecule has 0 spiro atoms. The molecule has 0 heterocycles. The minimum absolute atomic E-state index is 0.0417. The summed E-state index contributed by atoms with van der Waals surface area (Å²) in [6.45, 7) is 0. The fourth-order valence-electron chi connectivity index (χ4n) is 0. The summed E-state index contributed by atoms with van der Waals surface area (Å²) in [6.07, 6.45) is 0. The molecule has 0 aromatic carbocycles. The van der Waals surface area contributed by atoms with Crippen molar-refractivity contribution in [1.29, 1.82) is 0 Å². The summed E-state index contributed by atoms with van der Waals surface area (Å²) in [6, 6.07) is 0. The first kappa shape index (κ1) is 6.22. The van der Waals surface area contributed by atoms with E-state index in [0.29, 0.717) is 0 Å². The van der Waals surface area contributed by atoms with E-state index in [1.807, 2.05) is 23.5 Å². The van der Waals surface area contributed by atoms with Crippen LogP contribution in [0.3, 0.4) is 0 Å². The maximum atomic E-state index is 4.94. The second kappa shape index (κ2) is 1.78. The normalized spacial score (nSPS) is 11.3. The Balaban J connectivity index is 3.17. The average molecular weight is 79.3 g/mol. The second-order valence-electron chi connectivity index (χ2n) is 2.32. The molecule has 0 atom stereocenters. The van der Waals surface area contributed by atoms with Crippen molar-refractivity contribution in [2.45, 2.75) is 5.30 Å². The van der Waals surface area contributed by atoms with Crippen molar-refractivity contribution in [1.82, 2.24) is 0 Å². The molecule has 0 bridgehead atoms. The van der Waals surface area contributed by atoms with E-state index in [4.69, 9.17) is 4.65 Å². The molecule has 0 saturated heterocycles. The molecule has 0 N–H and O–H groups in total. The highest BCUT2D eigenvalue weighted by Gasteiger charge is 2.04. The maximum Gasteiger partial charge on any atom is 0.254 e. The number of hydrogen-bond acceptors (Lipinski definition) is 1. The third kappa shape index (κ3) is 4.22. The van der Waals surface area contributed by atoms with Crippen LogP contribution in [-0.4, -0.2) is 36.9 Å². The number of hydrogen-bond donors (Lipinski definition) is 0. The zero-order valence-corrected chi connectivity index (χ0v) is 4.91. The van der Waals surface area contributed by atoms with Crippen LogP contribution in [0.15, 0.2) is 0 Å². The monoisotopic (exact) mass is 80.1 g/mol. The van der Waals surface area contributed by atoms with Crippen LogP contribution in [0, 0.1) is 0 Å². The van der Waals surface area contributed by atoms with E-state index in [9.17, 15) is 0 Å². The zero-order chi connectivity index (χ0) is 5.21. The molecule has 0 aromatic heterocycles. The molecule has 0 saturated carbocycles. The Kier molecular flexibility index (Phi) is 1.85. The predicted molar refractivity (Wildman–Crippen MR) is 38.0 cm³/mol. The Morgan fingerprint density at radius 1 is 1.17 bits per heavy atom. The Bertz CT molecular complexity index is 37.3. The molecule has 0 amide bonds. The van der Waals surface area contributed by atoms with E-state index in [2.05, 4.69) is 0 Å². The first-order valence-electron chi connectivity index (χ1n) is 2.11. The van der Waals surface area contributed by atoms with Gasteiger partial charge in [-0.15, -0.1) is 0 Å². The molecule has 0 aromatic rings. The molecule has 0 radical (unpaired) electrons. The quantitative estimate of drug-likeness (QED) is 0.292. The van der Waals surface area contributed by atoms with Gasteiger partial charge in [0.15, 0.2) is 0 Å². The summed E-state index contributed by atoms with van der Waals surface area (Å²) >= 11 is 0.